The van der Waals surface area contributed by atoms with Gasteiger partial charge >= 0.3 is 23.9 Å². The highest BCUT2D eigenvalue weighted by atomic mass is 35.5. The van der Waals surface area contributed by atoms with Gasteiger partial charge in [0.25, 0.3) is 0 Å². The average molecular weight is 785 g/mol. The van der Waals surface area contributed by atoms with E-state index in [0.29, 0.717) is 11.8 Å². The summed E-state index contributed by atoms with van der Waals surface area (Å²) in [6.45, 7) is 8.42. The number of halogens is 6. The summed E-state index contributed by atoms with van der Waals surface area (Å²) in [6.07, 6.45) is 7.28. The summed E-state index contributed by atoms with van der Waals surface area (Å²) in [5.74, 6) is -5.54. The third-order valence-electron chi connectivity index (χ3n) is 10.3. The monoisotopic (exact) mass is 782 g/mol. The van der Waals surface area contributed by atoms with Crippen LogP contribution < -0.4 is 9.47 Å². The smallest absolute Gasteiger partial charge is 0.423 e. The Bertz CT molecular complexity index is 1480. The molecule has 0 N–H and O–H groups in total. The molecule has 14 heteroatoms. The van der Waals surface area contributed by atoms with Crippen LogP contribution in [0.3, 0.4) is 0 Å². The molecule has 48 heavy (non-hydrogen) atoms. The SMILES string of the molecule is CCC1CCC1(CC)COC(=O)c1c(Cl)c(Cl)cc(Cl)c1OC(=O)C(=O)Oc1c(Cl)cc(Cl)c(Cl)c1C(=O)OCC1(CC)CCC1CC. The Balaban J connectivity index is 1.56. The van der Waals surface area contributed by atoms with Crippen LogP contribution >= 0.6 is 69.6 Å². The molecule has 2 fully saturated rings. The number of esters is 4. The lowest BCUT2D eigenvalue weighted by atomic mass is 9.58. The molecule has 0 bridgehead atoms. The van der Waals surface area contributed by atoms with E-state index in [1.165, 1.54) is 0 Å². The summed E-state index contributed by atoms with van der Waals surface area (Å²) in [7, 11) is 0. The van der Waals surface area contributed by atoms with E-state index in [0.717, 1.165) is 63.5 Å². The predicted octanol–water partition coefficient (Wildman–Crippen LogP) is 10.9. The quantitative estimate of drug-likeness (QED) is 0.0907. The number of benzene rings is 2. The molecule has 0 saturated heterocycles. The topological polar surface area (TPSA) is 105 Å². The lowest BCUT2D eigenvalue weighted by Crippen LogP contribution is -2.43. The minimum absolute atomic E-state index is 0.101. The molecule has 8 nitrogen and oxygen atoms in total. The van der Waals surface area contributed by atoms with Crippen LogP contribution in [0.4, 0.5) is 0 Å². The van der Waals surface area contributed by atoms with Crippen LogP contribution in [-0.4, -0.2) is 37.1 Å². The molecule has 2 aromatic carbocycles. The summed E-state index contributed by atoms with van der Waals surface area (Å²) in [5.41, 5.74) is -1.27. The van der Waals surface area contributed by atoms with E-state index >= 15 is 0 Å². The Hall–Kier alpha value is -1.94. The zero-order chi connectivity index (χ0) is 35.6. The first-order chi connectivity index (χ1) is 22.7. The number of hydrogen-bond acceptors (Lipinski definition) is 8. The molecule has 4 atom stereocenters. The fraction of sp³-hybridized carbons (Fsp3) is 0.529. The van der Waals surface area contributed by atoms with Gasteiger partial charge in [0, 0.05) is 10.8 Å². The van der Waals surface area contributed by atoms with Crippen LogP contribution in [0.25, 0.3) is 0 Å². The molecular weight excluding hydrogens is 749 g/mol. The molecular formula is C34H36Cl6O8. The van der Waals surface area contributed by atoms with E-state index in [1.807, 2.05) is 13.8 Å². The van der Waals surface area contributed by atoms with Crippen LogP contribution in [0.5, 0.6) is 11.5 Å². The molecule has 0 aromatic heterocycles. The Morgan fingerprint density at radius 2 is 0.979 bits per heavy atom. The van der Waals surface area contributed by atoms with Gasteiger partial charge in [0.2, 0.25) is 0 Å². The highest BCUT2D eigenvalue weighted by molar-refractivity contribution is 6.47. The van der Waals surface area contributed by atoms with Crippen LogP contribution in [0.15, 0.2) is 12.1 Å². The number of ether oxygens (including phenoxy) is 4. The molecule has 2 aliphatic rings. The van der Waals surface area contributed by atoms with Gasteiger partial charge in [-0.3, -0.25) is 0 Å². The van der Waals surface area contributed by atoms with E-state index in [-0.39, 0.29) is 54.2 Å². The van der Waals surface area contributed by atoms with Gasteiger partial charge in [-0.15, -0.1) is 0 Å². The lowest BCUT2D eigenvalue weighted by Gasteiger charge is -2.48. The van der Waals surface area contributed by atoms with Gasteiger partial charge in [-0.25, -0.2) is 19.2 Å². The van der Waals surface area contributed by atoms with E-state index in [1.54, 1.807) is 0 Å². The van der Waals surface area contributed by atoms with Crippen molar-refractivity contribution in [2.75, 3.05) is 13.2 Å². The van der Waals surface area contributed by atoms with Gasteiger partial charge in [0.15, 0.2) is 11.5 Å². The van der Waals surface area contributed by atoms with Gasteiger partial charge in [-0.05, 0) is 62.5 Å². The van der Waals surface area contributed by atoms with Crippen molar-refractivity contribution in [1.29, 1.82) is 0 Å². The number of hydrogen-bond donors (Lipinski definition) is 0. The average Bonchev–Trinajstić information content (AvgIpc) is 3.02. The fourth-order valence-electron chi connectivity index (χ4n) is 6.86. The van der Waals surface area contributed by atoms with Crippen molar-refractivity contribution >= 4 is 93.5 Å². The molecule has 0 heterocycles. The van der Waals surface area contributed by atoms with E-state index in [4.69, 9.17) is 88.6 Å². The maximum Gasteiger partial charge on any atom is 0.423 e. The predicted molar refractivity (Wildman–Crippen MR) is 186 cm³/mol. The largest absolute Gasteiger partial charge is 0.461 e. The molecule has 4 rings (SSSR count). The second-order valence-corrected chi connectivity index (χ2v) is 14.8. The van der Waals surface area contributed by atoms with Crippen molar-refractivity contribution in [2.24, 2.45) is 22.7 Å². The molecule has 2 aromatic rings. The summed E-state index contributed by atoms with van der Waals surface area (Å²) >= 11 is 37.7. The van der Waals surface area contributed by atoms with Crippen molar-refractivity contribution < 1.29 is 38.1 Å². The minimum Gasteiger partial charge on any atom is -0.461 e. The number of carbonyl (C=O) groups is 4. The Morgan fingerprint density at radius 3 is 1.25 bits per heavy atom. The Morgan fingerprint density at radius 1 is 0.625 bits per heavy atom. The Kier molecular flexibility index (Phi) is 12.9. The second-order valence-electron chi connectivity index (χ2n) is 12.4. The summed E-state index contributed by atoms with van der Waals surface area (Å²) in [4.78, 5) is 52.9. The van der Waals surface area contributed by atoms with Crippen molar-refractivity contribution in [1.82, 2.24) is 0 Å². The molecule has 2 aliphatic carbocycles. The van der Waals surface area contributed by atoms with Crippen molar-refractivity contribution in [2.45, 2.75) is 79.1 Å². The molecule has 0 amide bonds. The third-order valence-corrected chi connectivity index (χ3v) is 12.4. The molecule has 262 valence electrons. The Labute approximate surface area is 309 Å². The zero-order valence-corrected chi connectivity index (χ0v) is 31.4. The van der Waals surface area contributed by atoms with Gasteiger partial charge in [0.05, 0.1) is 43.3 Å². The van der Waals surface area contributed by atoms with Crippen LogP contribution in [0.2, 0.25) is 30.1 Å². The van der Waals surface area contributed by atoms with Crippen LogP contribution in [0.1, 0.15) is 99.8 Å². The van der Waals surface area contributed by atoms with Crippen LogP contribution in [-0.2, 0) is 19.1 Å². The normalized spacial score (nSPS) is 23.0. The summed E-state index contributed by atoms with van der Waals surface area (Å²) in [5, 5.41) is -1.43. The van der Waals surface area contributed by atoms with Gasteiger partial charge in [-0.1, -0.05) is 110 Å². The molecule has 0 spiro atoms. The standard InChI is InChI=1S/C34H36Cl6O8/c1-5-17-9-11-33(17,7-3)15-45-29(41)23-25(39)19(35)13-21(37)27(23)47-31(43)32(44)48-28-22(38)14-20(36)26(40)24(28)30(42)46-16-34(8-4)12-10-18(34)6-2/h13-14,17-18H,5-12,15-16H2,1-4H3. The number of carbonyl (C=O) groups excluding carboxylic acids is 4. The van der Waals surface area contributed by atoms with E-state index in [2.05, 4.69) is 13.8 Å². The van der Waals surface area contributed by atoms with Gasteiger partial charge in [-0.2, -0.15) is 0 Å². The summed E-state index contributed by atoms with van der Waals surface area (Å²) < 4.78 is 21.8. The zero-order valence-electron chi connectivity index (χ0n) is 26.9. The highest BCUT2D eigenvalue weighted by Crippen LogP contribution is 2.52. The summed E-state index contributed by atoms with van der Waals surface area (Å²) in [6, 6.07) is 2.28. The molecule has 0 radical (unpaired) electrons. The maximum atomic E-state index is 13.4. The molecule has 0 aliphatic heterocycles. The minimum atomic E-state index is -1.63. The van der Waals surface area contributed by atoms with Crippen molar-refractivity contribution in [3.05, 3.63) is 53.4 Å². The first-order valence-corrected chi connectivity index (χ1v) is 18.1. The first kappa shape index (κ1) is 38.9. The second kappa shape index (κ2) is 15.9. The van der Waals surface area contributed by atoms with Crippen molar-refractivity contribution in [3.8, 4) is 11.5 Å². The highest BCUT2D eigenvalue weighted by Gasteiger charge is 2.46. The van der Waals surface area contributed by atoms with Gasteiger partial charge in [0.1, 0.15) is 11.1 Å². The van der Waals surface area contributed by atoms with E-state index < -0.39 is 46.5 Å². The lowest BCUT2D eigenvalue weighted by molar-refractivity contribution is -0.156. The third kappa shape index (κ3) is 7.54. The maximum absolute atomic E-state index is 13.4. The molecule has 4 unspecified atom stereocenters. The first-order valence-electron chi connectivity index (χ1n) is 15.8. The van der Waals surface area contributed by atoms with E-state index in [9.17, 15) is 19.2 Å². The van der Waals surface area contributed by atoms with Gasteiger partial charge < -0.3 is 18.9 Å². The number of rotatable bonds is 12. The van der Waals surface area contributed by atoms with Crippen molar-refractivity contribution in [3.63, 3.8) is 0 Å². The molecule has 2 saturated carbocycles. The van der Waals surface area contributed by atoms with Crippen LogP contribution in [0, 0.1) is 22.7 Å². The fourth-order valence-corrected chi connectivity index (χ4v) is 8.29.